The van der Waals surface area contributed by atoms with Crippen molar-refractivity contribution in [2.45, 2.75) is 0 Å². The number of nitro benzene ring substituents is 1. The molecule has 0 radical (unpaired) electrons. The highest BCUT2D eigenvalue weighted by Gasteiger charge is 2.18. The molecule has 0 aliphatic rings. The van der Waals surface area contributed by atoms with Crippen LogP contribution in [0.4, 0.5) is 17.1 Å². The Labute approximate surface area is 192 Å². The van der Waals surface area contributed by atoms with Gasteiger partial charge in [0.05, 0.1) is 22.4 Å². The van der Waals surface area contributed by atoms with E-state index in [9.17, 15) is 24.5 Å². The highest BCUT2D eigenvalue weighted by Crippen LogP contribution is 2.24. The number of carbonyl (C=O) groups excluding carboxylic acids is 3. The Morgan fingerprint density at radius 1 is 0.909 bits per heavy atom. The topological polar surface area (TPSA) is 143 Å². The van der Waals surface area contributed by atoms with Gasteiger partial charge in [-0.2, -0.15) is 5.10 Å². The zero-order valence-electron chi connectivity index (χ0n) is 16.8. The molecule has 3 N–H and O–H groups in total. The summed E-state index contributed by atoms with van der Waals surface area (Å²) in [4.78, 5) is 47.2. The van der Waals surface area contributed by atoms with Gasteiger partial charge < -0.3 is 10.6 Å². The van der Waals surface area contributed by atoms with Crippen molar-refractivity contribution in [3.63, 3.8) is 0 Å². The highest BCUT2D eigenvalue weighted by molar-refractivity contribution is 6.40. The van der Waals surface area contributed by atoms with Crippen LogP contribution in [0.5, 0.6) is 0 Å². The summed E-state index contributed by atoms with van der Waals surface area (Å²) in [6.45, 7) is 0. The Bertz CT molecular complexity index is 1250. The van der Waals surface area contributed by atoms with Gasteiger partial charge in [-0.15, -0.1) is 0 Å². The molecule has 3 rings (SSSR count). The lowest BCUT2D eigenvalue weighted by Crippen LogP contribution is -2.33. The first-order valence-electron chi connectivity index (χ1n) is 9.39. The summed E-state index contributed by atoms with van der Waals surface area (Å²) in [5.41, 5.74) is 2.83. The summed E-state index contributed by atoms with van der Waals surface area (Å²) < 4.78 is 0. The fourth-order valence-corrected chi connectivity index (χ4v) is 2.84. The van der Waals surface area contributed by atoms with E-state index >= 15 is 0 Å². The van der Waals surface area contributed by atoms with Gasteiger partial charge in [0.25, 0.3) is 11.6 Å². The monoisotopic (exact) mass is 465 g/mol. The number of nitrogens with one attached hydrogen (secondary N) is 3. The molecular weight excluding hydrogens is 450 g/mol. The minimum Gasteiger partial charge on any atom is -0.322 e. The lowest BCUT2D eigenvalue weighted by molar-refractivity contribution is -0.384. The zero-order valence-corrected chi connectivity index (χ0v) is 17.6. The van der Waals surface area contributed by atoms with Crippen LogP contribution in [0.2, 0.25) is 5.02 Å². The number of rotatable bonds is 6. The quantitative estimate of drug-likeness (QED) is 0.220. The zero-order chi connectivity index (χ0) is 23.8. The van der Waals surface area contributed by atoms with Gasteiger partial charge in [0.2, 0.25) is 0 Å². The number of anilines is 2. The third-order valence-corrected chi connectivity index (χ3v) is 4.52. The maximum atomic E-state index is 12.6. The van der Waals surface area contributed by atoms with Crippen molar-refractivity contribution in [1.29, 1.82) is 0 Å². The number of hydrogen-bond donors (Lipinski definition) is 3. The Morgan fingerprint density at radius 3 is 2.33 bits per heavy atom. The predicted molar refractivity (Wildman–Crippen MR) is 123 cm³/mol. The standard InChI is InChI=1S/C22H16ClN5O5/c23-17-11-10-14(12-19(17)28(32)33)13-24-27-22(31)21(30)26-18-9-5-4-8-16(18)20(29)25-15-6-2-1-3-7-15/h1-13H,(H,25,29)(H,26,30)(H,27,31)/b24-13-. The molecule has 0 atom stereocenters. The predicted octanol–water partition coefficient (Wildman–Crippen LogP) is 3.59. The Balaban J connectivity index is 1.64. The number of hydrogen-bond acceptors (Lipinski definition) is 6. The number of benzene rings is 3. The average molecular weight is 466 g/mol. The maximum absolute atomic E-state index is 12.6. The summed E-state index contributed by atoms with van der Waals surface area (Å²) in [6, 6.07) is 18.9. The smallest absolute Gasteiger partial charge is 0.322 e. The molecule has 0 saturated heterocycles. The minimum atomic E-state index is -1.10. The molecule has 3 aromatic rings. The molecule has 0 saturated carbocycles. The molecule has 3 aromatic carbocycles. The van der Waals surface area contributed by atoms with Crippen LogP contribution < -0.4 is 16.1 Å². The first-order valence-corrected chi connectivity index (χ1v) is 9.76. The van der Waals surface area contributed by atoms with Crippen molar-refractivity contribution in [2.24, 2.45) is 5.10 Å². The van der Waals surface area contributed by atoms with Crippen LogP contribution in [0.3, 0.4) is 0 Å². The summed E-state index contributed by atoms with van der Waals surface area (Å²) in [7, 11) is 0. The van der Waals surface area contributed by atoms with Crippen molar-refractivity contribution >= 4 is 52.6 Å². The summed E-state index contributed by atoms with van der Waals surface area (Å²) in [5, 5.41) is 19.6. The molecule has 0 unspecified atom stereocenters. The summed E-state index contributed by atoms with van der Waals surface area (Å²) in [5.74, 6) is -2.64. The minimum absolute atomic E-state index is 0.0458. The van der Waals surface area contributed by atoms with Crippen LogP contribution in [0, 0.1) is 10.1 Å². The first-order chi connectivity index (χ1) is 15.8. The van der Waals surface area contributed by atoms with E-state index in [1.807, 2.05) is 5.43 Å². The summed E-state index contributed by atoms with van der Waals surface area (Å²) >= 11 is 5.74. The highest BCUT2D eigenvalue weighted by atomic mass is 35.5. The van der Waals surface area contributed by atoms with Crippen molar-refractivity contribution < 1.29 is 19.3 Å². The van der Waals surface area contributed by atoms with Crippen molar-refractivity contribution in [1.82, 2.24) is 5.43 Å². The average Bonchev–Trinajstić information content (AvgIpc) is 2.80. The van der Waals surface area contributed by atoms with Crippen molar-refractivity contribution in [3.05, 3.63) is 99.1 Å². The first kappa shape index (κ1) is 23.1. The second-order valence-electron chi connectivity index (χ2n) is 6.49. The van der Waals surface area contributed by atoms with Crippen LogP contribution in [-0.4, -0.2) is 28.9 Å². The van der Waals surface area contributed by atoms with E-state index in [2.05, 4.69) is 15.7 Å². The molecule has 11 heteroatoms. The van der Waals surface area contributed by atoms with Crippen LogP contribution in [-0.2, 0) is 9.59 Å². The van der Waals surface area contributed by atoms with E-state index in [0.717, 1.165) is 6.21 Å². The molecule has 33 heavy (non-hydrogen) atoms. The molecule has 0 bridgehead atoms. The lowest BCUT2D eigenvalue weighted by Gasteiger charge is -2.11. The van der Waals surface area contributed by atoms with Gasteiger partial charge in [-0.3, -0.25) is 24.5 Å². The maximum Gasteiger partial charge on any atom is 0.329 e. The Morgan fingerprint density at radius 2 is 1.61 bits per heavy atom. The molecular formula is C22H16ClN5O5. The number of hydrazone groups is 1. The third kappa shape index (κ3) is 6.21. The molecule has 0 aromatic heterocycles. The Hall–Kier alpha value is -4.57. The normalized spacial score (nSPS) is 10.5. The molecule has 3 amide bonds. The second kappa shape index (κ2) is 10.6. The van der Waals surface area contributed by atoms with Gasteiger partial charge in [-0.1, -0.05) is 48.0 Å². The molecule has 0 spiro atoms. The lowest BCUT2D eigenvalue weighted by atomic mass is 10.1. The SMILES string of the molecule is O=C(N/N=C\c1ccc(Cl)c([N+](=O)[O-])c1)C(=O)Nc1ccccc1C(=O)Nc1ccccc1. The van der Waals surface area contributed by atoms with Crippen LogP contribution in [0.15, 0.2) is 77.9 Å². The van der Waals surface area contributed by atoms with E-state index in [1.165, 1.54) is 30.3 Å². The van der Waals surface area contributed by atoms with Gasteiger partial charge in [0.15, 0.2) is 0 Å². The van der Waals surface area contributed by atoms with Crippen molar-refractivity contribution in [3.8, 4) is 0 Å². The van der Waals surface area contributed by atoms with E-state index in [4.69, 9.17) is 11.6 Å². The fourth-order valence-electron chi connectivity index (χ4n) is 2.66. The molecule has 0 aliphatic heterocycles. The number of carbonyl (C=O) groups is 3. The molecule has 166 valence electrons. The number of para-hydroxylation sites is 2. The van der Waals surface area contributed by atoms with E-state index in [0.29, 0.717) is 5.69 Å². The second-order valence-corrected chi connectivity index (χ2v) is 6.89. The number of halogens is 1. The number of amides is 3. The van der Waals surface area contributed by atoms with Crippen LogP contribution in [0.25, 0.3) is 0 Å². The van der Waals surface area contributed by atoms with Crippen LogP contribution in [0.1, 0.15) is 15.9 Å². The number of nitro groups is 1. The van der Waals surface area contributed by atoms with Gasteiger partial charge in [0.1, 0.15) is 5.02 Å². The van der Waals surface area contributed by atoms with Crippen molar-refractivity contribution in [2.75, 3.05) is 10.6 Å². The largest absolute Gasteiger partial charge is 0.329 e. The van der Waals surface area contributed by atoms with E-state index in [-0.39, 0.29) is 27.5 Å². The van der Waals surface area contributed by atoms with E-state index < -0.39 is 22.6 Å². The van der Waals surface area contributed by atoms with Gasteiger partial charge in [-0.05, 0) is 30.3 Å². The van der Waals surface area contributed by atoms with Gasteiger partial charge in [0, 0.05) is 17.3 Å². The molecule has 0 fully saturated rings. The molecule has 0 aliphatic carbocycles. The van der Waals surface area contributed by atoms with Crippen LogP contribution >= 0.6 is 11.6 Å². The van der Waals surface area contributed by atoms with Gasteiger partial charge >= 0.3 is 11.8 Å². The summed E-state index contributed by atoms with van der Waals surface area (Å²) in [6.07, 6.45) is 1.12. The molecule has 0 heterocycles. The number of nitrogens with zero attached hydrogens (tertiary/aromatic N) is 2. The fraction of sp³-hybridized carbons (Fsp3) is 0. The third-order valence-electron chi connectivity index (χ3n) is 4.20. The molecule has 10 nitrogen and oxygen atoms in total. The Kier molecular flexibility index (Phi) is 7.45. The van der Waals surface area contributed by atoms with Gasteiger partial charge in [-0.25, -0.2) is 5.43 Å². The van der Waals surface area contributed by atoms with E-state index in [1.54, 1.807) is 42.5 Å².